The summed E-state index contributed by atoms with van der Waals surface area (Å²) in [5.41, 5.74) is 2.79. The van der Waals surface area contributed by atoms with Crippen molar-refractivity contribution in [2.45, 2.75) is 27.7 Å². The van der Waals surface area contributed by atoms with Crippen molar-refractivity contribution in [1.29, 1.82) is 0 Å². The van der Waals surface area contributed by atoms with Crippen molar-refractivity contribution < 1.29 is 37.4 Å². The third-order valence-corrected chi connectivity index (χ3v) is 3.08. The van der Waals surface area contributed by atoms with Gasteiger partial charge in [0.1, 0.15) is 12.3 Å². The summed E-state index contributed by atoms with van der Waals surface area (Å²) in [6.45, 7) is 7.86. The molecule has 4 nitrogen and oxygen atoms in total. The van der Waals surface area contributed by atoms with E-state index in [1.54, 1.807) is 14.0 Å². The minimum Gasteiger partial charge on any atom is -0.478 e. The molecule has 0 N–H and O–H groups in total. The monoisotopic (exact) mass is 402 g/mol. The molecular formula is C19H25N2O2Y-. The van der Waals surface area contributed by atoms with Gasteiger partial charge in [-0.2, -0.15) is 5.10 Å². The van der Waals surface area contributed by atoms with Gasteiger partial charge in [0.2, 0.25) is 0 Å². The number of hydrogen-bond acceptors (Lipinski definition) is 3. The number of terminal acetylenes is 1. The zero-order chi connectivity index (χ0) is 16.7. The van der Waals surface area contributed by atoms with E-state index in [0.29, 0.717) is 17.0 Å². The van der Waals surface area contributed by atoms with Crippen molar-refractivity contribution in [2.75, 3.05) is 6.61 Å². The van der Waals surface area contributed by atoms with Crippen molar-refractivity contribution >= 4 is 0 Å². The number of hydrogen-bond donors (Lipinski definition) is 0. The van der Waals surface area contributed by atoms with E-state index in [0.717, 1.165) is 11.1 Å². The van der Waals surface area contributed by atoms with Crippen LogP contribution in [-0.4, -0.2) is 16.4 Å². The van der Waals surface area contributed by atoms with Crippen LogP contribution < -0.4 is 10.3 Å². The van der Waals surface area contributed by atoms with Crippen LogP contribution >= 0.6 is 0 Å². The van der Waals surface area contributed by atoms with Crippen molar-refractivity contribution in [3.8, 4) is 29.2 Å². The van der Waals surface area contributed by atoms with Gasteiger partial charge in [0.25, 0.3) is 5.56 Å². The molecule has 0 bridgehead atoms. The van der Waals surface area contributed by atoms with Crippen LogP contribution in [0.3, 0.4) is 0 Å². The average molecular weight is 402 g/mol. The van der Waals surface area contributed by atoms with Crippen LogP contribution in [0.5, 0.6) is 5.75 Å². The molecule has 1 radical (unpaired) electrons. The Kier molecular flexibility index (Phi) is 12.4. The fourth-order valence-electron chi connectivity index (χ4n) is 2.14. The van der Waals surface area contributed by atoms with Crippen LogP contribution in [0.2, 0.25) is 0 Å². The maximum absolute atomic E-state index is 12.4. The summed E-state index contributed by atoms with van der Waals surface area (Å²) < 4.78 is 6.87. The van der Waals surface area contributed by atoms with Gasteiger partial charge in [-0.05, 0) is 25.0 Å². The van der Waals surface area contributed by atoms with Crippen LogP contribution in [-0.2, 0) is 39.8 Å². The predicted molar refractivity (Wildman–Crippen MR) is 96.5 cm³/mol. The van der Waals surface area contributed by atoms with Crippen LogP contribution in [0, 0.1) is 33.6 Å². The Hall–Kier alpha value is -1.44. The van der Waals surface area contributed by atoms with Gasteiger partial charge in [0.15, 0.2) is 5.75 Å². The minimum atomic E-state index is -0.197. The largest absolute Gasteiger partial charge is 0.478 e. The molecule has 0 aliphatic carbocycles. The molecule has 0 saturated heterocycles. The third kappa shape index (κ3) is 5.58. The van der Waals surface area contributed by atoms with Crippen LogP contribution in [0.1, 0.15) is 25.1 Å². The molecule has 1 aromatic carbocycles. The number of aryl methyl sites for hydroxylation is 3. The second-order valence-corrected chi connectivity index (χ2v) is 4.53. The first-order valence-electron chi connectivity index (χ1n) is 7.26. The second-order valence-electron chi connectivity index (χ2n) is 4.53. The van der Waals surface area contributed by atoms with Crippen molar-refractivity contribution in [2.24, 2.45) is 7.05 Å². The molecule has 0 saturated carbocycles. The molecule has 0 aliphatic rings. The van der Waals surface area contributed by atoms with Crippen LogP contribution in [0.25, 0.3) is 11.1 Å². The standard InChI is InChI=1S/C16H16N2O2.C2H6.CH3.Y/c1-5-10-20-15-12(3)17-18(4)16(19)14(15)13-9-7-6-8-11(13)2;1-2;;/h1,6-9H,10H2,2-4H3;1-2H3;1H3;/q;;-1;. The first-order chi connectivity index (χ1) is 10.6. The smallest absolute Gasteiger partial charge is 0.278 e. The van der Waals surface area contributed by atoms with E-state index in [-0.39, 0.29) is 52.3 Å². The third-order valence-electron chi connectivity index (χ3n) is 3.08. The van der Waals surface area contributed by atoms with Gasteiger partial charge in [-0.25, -0.2) is 4.68 Å². The summed E-state index contributed by atoms with van der Waals surface area (Å²) in [5.74, 6) is 2.87. The summed E-state index contributed by atoms with van der Waals surface area (Å²) in [6, 6.07) is 7.67. The Labute approximate surface area is 170 Å². The fourth-order valence-corrected chi connectivity index (χ4v) is 2.14. The first-order valence-corrected chi connectivity index (χ1v) is 7.26. The van der Waals surface area contributed by atoms with Crippen LogP contribution in [0.4, 0.5) is 0 Å². The number of rotatable bonds is 3. The molecule has 0 aliphatic heterocycles. The van der Waals surface area contributed by atoms with Gasteiger partial charge in [0.05, 0.1) is 5.56 Å². The summed E-state index contributed by atoms with van der Waals surface area (Å²) >= 11 is 0. The Morgan fingerprint density at radius 1 is 1.25 bits per heavy atom. The first kappa shape index (κ1) is 24.8. The van der Waals surface area contributed by atoms with Gasteiger partial charge in [-0.3, -0.25) is 4.79 Å². The fraction of sp³-hybridized carbons (Fsp3) is 0.316. The van der Waals surface area contributed by atoms with Gasteiger partial charge in [-0.1, -0.05) is 44.0 Å². The van der Waals surface area contributed by atoms with E-state index in [1.807, 2.05) is 45.0 Å². The number of aromatic nitrogens is 2. The SMILES string of the molecule is C#CCOc1c(C)nn(C)c(=O)c1-c1ccccc1C.CC.[CH3-].[Y]. The van der Waals surface area contributed by atoms with Gasteiger partial charge < -0.3 is 12.2 Å². The number of ether oxygens (including phenoxy) is 1. The molecule has 0 atom stereocenters. The summed E-state index contributed by atoms with van der Waals surface area (Å²) in [4.78, 5) is 12.4. The minimum absolute atomic E-state index is 0. The number of benzene rings is 1. The van der Waals surface area contributed by atoms with Gasteiger partial charge in [-0.15, -0.1) is 6.42 Å². The van der Waals surface area contributed by atoms with E-state index in [2.05, 4.69) is 11.0 Å². The maximum atomic E-state index is 12.4. The molecule has 0 spiro atoms. The maximum Gasteiger partial charge on any atom is 0.278 e. The van der Waals surface area contributed by atoms with E-state index in [9.17, 15) is 4.79 Å². The predicted octanol–water partition coefficient (Wildman–Crippen LogP) is 3.55. The van der Waals surface area contributed by atoms with Crippen molar-refractivity contribution in [3.05, 3.63) is 53.3 Å². The molecule has 2 rings (SSSR count). The summed E-state index contributed by atoms with van der Waals surface area (Å²) in [6.07, 6.45) is 5.23. The second kappa shape index (κ2) is 12.0. The molecule has 2 aromatic rings. The molecular weight excluding hydrogens is 377 g/mol. The topological polar surface area (TPSA) is 44.1 Å². The van der Waals surface area contributed by atoms with Gasteiger partial charge >= 0.3 is 0 Å². The quantitative estimate of drug-likeness (QED) is 0.583. The Bertz CT molecular complexity index is 746. The molecule has 1 heterocycles. The van der Waals surface area contributed by atoms with Crippen molar-refractivity contribution in [1.82, 2.24) is 9.78 Å². The zero-order valence-corrected chi connectivity index (χ0v) is 18.2. The molecule has 127 valence electrons. The zero-order valence-electron chi connectivity index (χ0n) is 15.4. The summed E-state index contributed by atoms with van der Waals surface area (Å²) in [7, 11) is 1.63. The molecule has 0 amide bonds. The van der Waals surface area contributed by atoms with E-state index < -0.39 is 0 Å². The van der Waals surface area contributed by atoms with Crippen molar-refractivity contribution in [3.63, 3.8) is 0 Å². The Morgan fingerprint density at radius 3 is 2.38 bits per heavy atom. The molecule has 5 heteroatoms. The normalized spacial score (nSPS) is 8.67. The average Bonchev–Trinajstić information content (AvgIpc) is 2.52. The van der Waals surface area contributed by atoms with E-state index in [1.165, 1.54) is 4.68 Å². The molecule has 24 heavy (non-hydrogen) atoms. The Balaban J connectivity index is 0. The van der Waals surface area contributed by atoms with Gasteiger partial charge in [0, 0.05) is 39.8 Å². The van der Waals surface area contributed by atoms with E-state index in [4.69, 9.17) is 11.2 Å². The van der Waals surface area contributed by atoms with E-state index >= 15 is 0 Å². The van der Waals surface area contributed by atoms with Crippen LogP contribution in [0.15, 0.2) is 29.1 Å². The summed E-state index contributed by atoms with van der Waals surface area (Å²) in [5, 5.41) is 4.15. The molecule has 1 aromatic heterocycles. The number of nitrogens with zero attached hydrogens (tertiary/aromatic N) is 2. The Morgan fingerprint density at radius 2 is 1.83 bits per heavy atom. The molecule has 0 fully saturated rings. The molecule has 0 unspecified atom stereocenters.